The lowest BCUT2D eigenvalue weighted by Gasteiger charge is -2.28. The van der Waals surface area contributed by atoms with E-state index in [0.29, 0.717) is 36.6 Å². The second-order valence-corrected chi connectivity index (χ2v) is 7.50. The van der Waals surface area contributed by atoms with Crippen molar-refractivity contribution in [3.8, 4) is 11.9 Å². The number of rotatable bonds is 4. The van der Waals surface area contributed by atoms with Crippen LogP contribution in [0.5, 0.6) is 5.88 Å². The van der Waals surface area contributed by atoms with E-state index in [2.05, 4.69) is 21.4 Å². The third kappa shape index (κ3) is 3.20. The highest BCUT2D eigenvalue weighted by Gasteiger charge is 2.28. The van der Waals surface area contributed by atoms with Crippen molar-refractivity contribution in [2.45, 2.75) is 13.0 Å². The van der Waals surface area contributed by atoms with Crippen LogP contribution in [0.25, 0.3) is 4.96 Å². The van der Waals surface area contributed by atoms with Crippen molar-refractivity contribution in [2.24, 2.45) is 0 Å². The van der Waals surface area contributed by atoms with Gasteiger partial charge in [-0.25, -0.2) is 4.98 Å². The molecule has 0 saturated heterocycles. The molecule has 0 aliphatic carbocycles. The van der Waals surface area contributed by atoms with E-state index >= 15 is 0 Å². The van der Waals surface area contributed by atoms with Gasteiger partial charge in [0.05, 0.1) is 12.1 Å². The largest absolute Gasteiger partial charge is 0.492 e. The maximum Gasteiger partial charge on any atom is 0.322 e. The quantitative estimate of drug-likeness (QED) is 0.525. The molecule has 0 fully saturated rings. The molecule has 4 rings (SSSR count). The number of anilines is 1. The van der Waals surface area contributed by atoms with Crippen LogP contribution in [0.3, 0.4) is 0 Å². The summed E-state index contributed by atoms with van der Waals surface area (Å²) in [5.74, 6) is -2.50. The maximum atomic E-state index is 12.9. The van der Waals surface area contributed by atoms with Crippen LogP contribution in [0.1, 0.15) is 26.5 Å². The summed E-state index contributed by atoms with van der Waals surface area (Å²) in [6.07, 6.45) is 2.03. The first-order valence-electron chi connectivity index (χ1n) is 8.77. The summed E-state index contributed by atoms with van der Waals surface area (Å²) in [5.41, 5.74) is -0.270. The number of fused-ring (bicyclic) bond motifs is 3. The van der Waals surface area contributed by atoms with Gasteiger partial charge in [0.2, 0.25) is 10.8 Å². The molecule has 152 valence electrons. The van der Waals surface area contributed by atoms with Gasteiger partial charge in [0.1, 0.15) is 18.4 Å². The first-order valence-corrected chi connectivity index (χ1v) is 9.58. The molecule has 0 radical (unpaired) electrons. The van der Waals surface area contributed by atoms with E-state index in [4.69, 9.17) is 5.11 Å². The van der Waals surface area contributed by atoms with Crippen LogP contribution < -0.4 is 15.8 Å². The number of carboxylic acid groups (broad SMARTS) is 1. The number of hydrogen-bond acceptors (Lipinski definition) is 9. The molecule has 11 nitrogen and oxygen atoms in total. The van der Waals surface area contributed by atoms with Gasteiger partial charge in [-0.1, -0.05) is 11.3 Å². The van der Waals surface area contributed by atoms with E-state index in [1.165, 1.54) is 15.7 Å². The average Bonchev–Trinajstić information content (AvgIpc) is 3.09. The summed E-state index contributed by atoms with van der Waals surface area (Å²) in [5, 5.41) is 30.2. The minimum absolute atomic E-state index is 0.223. The summed E-state index contributed by atoms with van der Waals surface area (Å²) < 4.78 is 1.27. The van der Waals surface area contributed by atoms with Crippen molar-refractivity contribution in [2.75, 3.05) is 18.0 Å². The standard InChI is InChI=1S/C18H14N6O5S/c19-6-9-2-1-4-20-14(9)23-5-3-10-11(8-23)30-18-22-16(28)13(17(29)24(10)18)15(27)21-7-12(25)26/h1-2,4,28H,3,5,7-8H2,(H,21,27)(H,25,26). The molecule has 0 saturated carbocycles. The first kappa shape index (κ1) is 19.3. The van der Waals surface area contributed by atoms with Crippen LogP contribution in [0.4, 0.5) is 5.82 Å². The number of nitrogens with zero attached hydrogens (tertiary/aromatic N) is 5. The summed E-state index contributed by atoms with van der Waals surface area (Å²) in [7, 11) is 0. The number of carboxylic acids is 1. The number of aromatic hydroxyl groups is 1. The Hall–Kier alpha value is -3.98. The Balaban J connectivity index is 1.74. The zero-order valence-corrected chi connectivity index (χ0v) is 16.1. The smallest absolute Gasteiger partial charge is 0.322 e. The molecular weight excluding hydrogens is 412 g/mol. The topological polar surface area (TPSA) is 161 Å². The van der Waals surface area contributed by atoms with Gasteiger partial charge in [0.15, 0.2) is 5.56 Å². The van der Waals surface area contributed by atoms with Gasteiger partial charge < -0.3 is 20.4 Å². The van der Waals surface area contributed by atoms with Gasteiger partial charge in [0, 0.05) is 29.7 Å². The third-order valence-corrected chi connectivity index (χ3v) is 5.69. The molecule has 4 heterocycles. The van der Waals surface area contributed by atoms with Crippen LogP contribution in [-0.4, -0.2) is 49.5 Å². The number of amides is 1. The van der Waals surface area contributed by atoms with E-state index in [-0.39, 0.29) is 4.96 Å². The molecule has 0 unspecified atom stereocenters. The minimum atomic E-state index is -1.28. The zero-order valence-electron chi connectivity index (χ0n) is 15.3. The van der Waals surface area contributed by atoms with Gasteiger partial charge in [-0.3, -0.25) is 18.8 Å². The summed E-state index contributed by atoms with van der Waals surface area (Å²) in [4.78, 5) is 47.0. The fourth-order valence-electron chi connectivity index (χ4n) is 3.32. The molecule has 1 aliphatic rings. The van der Waals surface area contributed by atoms with Crippen LogP contribution in [0, 0.1) is 11.3 Å². The fraction of sp³-hybridized carbons (Fsp3) is 0.222. The van der Waals surface area contributed by atoms with Gasteiger partial charge in [-0.05, 0) is 12.1 Å². The highest BCUT2D eigenvalue weighted by Crippen LogP contribution is 2.31. The van der Waals surface area contributed by atoms with Crippen LogP contribution >= 0.6 is 11.3 Å². The Labute approximate surface area is 172 Å². The van der Waals surface area contributed by atoms with E-state index in [1.54, 1.807) is 18.3 Å². The molecule has 0 aromatic carbocycles. The van der Waals surface area contributed by atoms with Gasteiger partial charge >= 0.3 is 5.97 Å². The molecule has 1 amide bonds. The van der Waals surface area contributed by atoms with Gasteiger partial charge in [-0.2, -0.15) is 10.2 Å². The van der Waals surface area contributed by atoms with Crippen molar-refractivity contribution < 1.29 is 19.8 Å². The SMILES string of the molecule is N#Cc1cccnc1N1CCc2c(sc3nc(O)c(C(=O)NCC(=O)O)c(=O)n23)C1. The average molecular weight is 426 g/mol. The Morgan fingerprint density at radius 2 is 2.20 bits per heavy atom. The number of pyridine rings is 1. The molecular formula is C18H14N6O5S. The third-order valence-electron chi connectivity index (χ3n) is 4.63. The summed E-state index contributed by atoms with van der Waals surface area (Å²) in [6, 6.07) is 5.47. The predicted octanol–water partition coefficient (Wildman–Crippen LogP) is 0.105. The molecule has 30 heavy (non-hydrogen) atoms. The van der Waals surface area contributed by atoms with Gasteiger partial charge in [-0.15, -0.1) is 0 Å². The molecule has 3 aromatic heterocycles. The Morgan fingerprint density at radius 1 is 1.40 bits per heavy atom. The van der Waals surface area contributed by atoms with E-state index in [9.17, 15) is 24.8 Å². The zero-order chi connectivity index (χ0) is 21.4. The lowest BCUT2D eigenvalue weighted by atomic mass is 10.1. The second-order valence-electron chi connectivity index (χ2n) is 6.44. The van der Waals surface area contributed by atoms with Crippen molar-refractivity contribution in [1.29, 1.82) is 5.26 Å². The fourth-order valence-corrected chi connectivity index (χ4v) is 4.49. The van der Waals surface area contributed by atoms with Crippen molar-refractivity contribution in [3.05, 3.63) is 50.4 Å². The van der Waals surface area contributed by atoms with Crippen molar-refractivity contribution >= 4 is 34.0 Å². The van der Waals surface area contributed by atoms with E-state index < -0.39 is 35.4 Å². The lowest BCUT2D eigenvalue weighted by molar-refractivity contribution is -0.135. The molecule has 12 heteroatoms. The van der Waals surface area contributed by atoms with Gasteiger partial charge in [0.25, 0.3) is 11.5 Å². The molecule has 3 aromatic rings. The Morgan fingerprint density at radius 3 is 2.93 bits per heavy atom. The summed E-state index contributed by atoms with van der Waals surface area (Å²) in [6.45, 7) is 0.177. The van der Waals surface area contributed by atoms with E-state index in [1.807, 2.05) is 4.90 Å². The number of nitriles is 1. The number of carbonyl (C=O) groups excluding carboxylic acids is 1. The number of aromatic nitrogens is 3. The number of aliphatic carboxylic acids is 1. The van der Waals surface area contributed by atoms with Crippen molar-refractivity contribution in [1.82, 2.24) is 19.7 Å². The Kier molecular flexibility index (Phi) is 4.80. The highest BCUT2D eigenvalue weighted by molar-refractivity contribution is 7.17. The molecule has 0 atom stereocenters. The number of carbonyl (C=O) groups is 2. The highest BCUT2D eigenvalue weighted by atomic mass is 32.1. The lowest BCUT2D eigenvalue weighted by Crippen LogP contribution is -2.36. The number of hydrogen-bond donors (Lipinski definition) is 3. The van der Waals surface area contributed by atoms with Crippen LogP contribution in [0.15, 0.2) is 23.1 Å². The normalized spacial score (nSPS) is 13.0. The predicted molar refractivity (Wildman–Crippen MR) is 105 cm³/mol. The first-order chi connectivity index (χ1) is 14.4. The van der Waals surface area contributed by atoms with Crippen molar-refractivity contribution in [3.63, 3.8) is 0 Å². The van der Waals surface area contributed by atoms with Crippen LogP contribution in [-0.2, 0) is 17.8 Å². The Bertz CT molecular complexity index is 1290. The minimum Gasteiger partial charge on any atom is -0.492 e. The molecule has 0 bridgehead atoms. The summed E-state index contributed by atoms with van der Waals surface area (Å²) >= 11 is 1.19. The maximum absolute atomic E-state index is 12.9. The van der Waals surface area contributed by atoms with Crippen LogP contribution in [0.2, 0.25) is 0 Å². The van der Waals surface area contributed by atoms with E-state index in [0.717, 1.165) is 4.88 Å². The molecule has 0 spiro atoms. The number of thiazole rings is 1. The molecule has 3 N–H and O–H groups in total. The second kappa shape index (κ2) is 7.45. The number of nitrogens with one attached hydrogen (secondary N) is 1. The molecule has 1 aliphatic heterocycles. The monoisotopic (exact) mass is 426 g/mol.